The highest BCUT2D eigenvalue weighted by molar-refractivity contribution is 9.13. The molecule has 2 aromatic rings. The minimum Gasteiger partial charge on any atom is -0.478 e. The summed E-state index contributed by atoms with van der Waals surface area (Å²) in [5.41, 5.74) is 0.156. The Balaban J connectivity index is 2.40. The van der Waals surface area contributed by atoms with Gasteiger partial charge in [0.15, 0.2) is 0 Å². The number of hydrogen-bond donors (Lipinski definition) is 2. The Hall–Kier alpha value is -0.210. The van der Waals surface area contributed by atoms with Crippen molar-refractivity contribution in [3.63, 3.8) is 0 Å². The van der Waals surface area contributed by atoms with Gasteiger partial charge in [0.05, 0.1) is 14.2 Å². The normalized spacial score (nSPS) is 12.6. The number of halogens is 2. The molecular formula is C10H6Br2O3S2. The van der Waals surface area contributed by atoms with Crippen LogP contribution in [0.25, 0.3) is 0 Å². The van der Waals surface area contributed by atoms with E-state index < -0.39 is 12.1 Å². The zero-order valence-corrected chi connectivity index (χ0v) is 13.0. The zero-order chi connectivity index (χ0) is 12.6. The quantitative estimate of drug-likeness (QED) is 0.819. The molecule has 2 heterocycles. The minimum atomic E-state index is -1.02. The fourth-order valence-corrected chi connectivity index (χ4v) is 4.39. The lowest BCUT2D eigenvalue weighted by Gasteiger charge is -2.07. The topological polar surface area (TPSA) is 57.5 Å². The SMILES string of the molecule is O=C(O)c1ccsc1C(O)c1cc(Br)c(Br)s1. The molecule has 0 saturated carbocycles. The van der Waals surface area contributed by atoms with Crippen molar-refractivity contribution in [3.8, 4) is 0 Å². The van der Waals surface area contributed by atoms with Crippen molar-refractivity contribution in [1.29, 1.82) is 0 Å². The third-order valence-electron chi connectivity index (χ3n) is 2.11. The fourth-order valence-electron chi connectivity index (χ4n) is 1.34. The van der Waals surface area contributed by atoms with E-state index in [0.717, 1.165) is 8.26 Å². The minimum absolute atomic E-state index is 0.156. The Morgan fingerprint density at radius 1 is 1.41 bits per heavy atom. The van der Waals surface area contributed by atoms with Crippen LogP contribution in [0.5, 0.6) is 0 Å². The lowest BCUT2D eigenvalue weighted by Crippen LogP contribution is -2.03. The smallest absolute Gasteiger partial charge is 0.336 e. The fraction of sp³-hybridized carbons (Fsp3) is 0.100. The Bertz CT molecular complexity index is 542. The van der Waals surface area contributed by atoms with Gasteiger partial charge in [-0.15, -0.1) is 22.7 Å². The van der Waals surface area contributed by atoms with E-state index in [-0.39, 0.29) is 5.56 Å². The number of carboxylic acid groups (broad SMARTS) is 1. The number of carbonyl (C=O) groups is 1. The number of aliphatic hydroxyl groups excluding tert-OH is 1. The van der Waals surface area contributed by atoms with Crippen LogP contribution in [0.3, 0.4) is 0 Å². The van der Waals surface area contributed by atoms with Gasteiger partial charge in [0.2, 0.25) is 0 Å². The highest BCUT2D eigenvalue weighted by atomic mass is 79.9. The van der Waals surface area contributed by atoms with Crippen LogP contribution in [0, 0.1) is 0 Å². The molecule has 0 aliphatic rings. The van der Waals surface area contributed by atoms with E-state index in [9.17, 15) is 9.90 Å². The summed E-state index contributed by atoms with van der Waals surface area (Å²) in [7, 11) is 0. The molecule has 1 unspecified atom stereocenters. The first kappa shape index (κ1) is 13.2. The summed E-state index contributed by atoms with van der Waals surface area (Å²) >= 11 is 9.29. The monoisotopic (exact) mass is 396 g/mol. The van der Waals surface area contributed by atoms with Crippen molar-refractivity contribution < 1.29 is 15.0 Å². The van der Waals surface area contributed by atoms with Crippen molar-refractivity contribution in [3.05, 3.63) is 41.1 Å². The molecule has 0 aliphatic carbocycles. The Morgan fingerprint density at radius 3 is 2.65 bits per heavy atom. The van der Waals surface area contributed by atoms with E-state index in [1.165, 1.54) is 28.7 Å². The molecule has 0 aromatic carbocycles. The predicted octanol–water partition coefficient (Wildman–Crippen LogP) is 4.11. The largest absolute Gasteiger partial charge is 0.478 e. The third-order valence-corrected chi connectivity index (χ3v) is 6.39. The van der Waals surface area contributed by atoms with Crippen LogP contribution >= 0.6 is 54.5 Å². The third kappa shape index (κ3) is 2.63. The van der Waals surface area contributed by atoms with Crippen LogP contribution in [0.4, 0.5) is 0 Å². The number of hydrogen-bond acceptors (Lipinski definition) is 4. The van der Waals surface area contributed by atoms with Crippen molar-refractivity contribution in [2.75, 3.05) is 0 Å². The Labute approximate surface area is 122 Å². The van der Waals surface area contributed by atoms with E-state index in [2.05, 4.69) is 31.9 Å². The molecule has 90 valence electrons. The lowest BCUT2D eigenvalue weighted by molar-refractivity contribution is 0.0692. The average molecular weight is 398 g/mol. The summed E-state index contributed by atoms with van der Waals surface area (Å²) in [5.74, 6) is -1.02. The first-order valence-corrected chi connectivity index (χ1v) is 7.72. The maximum absolute atomic E-state index is 11.0. The van der Waals surface area contributed by atoms with E-state index in [0.29, 0.717) is 9.75 Å². The number of rotatable bonds is 3. The van der Waals surface area contributed by atoms with Crippen molar-refractivity contribution >= 4 is 60.5 Å². The molecule has 3 nitrogen and oxygen atoms in total. The highest BCUT2D eigenvalue weighted by Crippen LogP contribution is 2.39. The summed E-state index contributed by atoms with van der Waals surface area (Å²) in [5, 5.41) is 20.8. The number of aromatic carboxylic acids is 1. The van der Waals surface area contributed by atoms with E-state index in [4.69, 9.17) is 5.11 Å². The van der Waals surface area contributed by atoms with Crippen LogP contribution in [-0.4, -0.2) is 16.2 Å². The van der Waals surface area contributed by atoms with E-state index in [1.54, 1.807) is 11.4 Å². The zero-order valence-electron chi connectivity index (χ0n) is 8.18. The molecule has 0 radical (unpaired) electrons. The van der Waals surface area contributed by atoms with Crippen LogP contribution in [0.1, 0.15) is 26.2 Å². The van der Waals surface area contributed by atoms with Crippen LogP contribution < -0.4 is 0 Å². The summed E-state index contributed by atoms with van der Waals surface area (Å²) < 4.78 is 1.73. The van der Waals surface area contributed by atoms with Gasteiger partial charge in [-0.25, -0.2) is 4.79 Å². The van der Waals surface area contributed by atoms with Gasteiger partial charge in [-0.3, -0.25) is 0 Å². The molecular weight excluding hydrogens is 392 g/mol. The molecule has 17 heavy (non-hydrogen) atoms. The molecule has 0 spiro atoms. The first-order valence-electron chi connectivity index (χ1n) is 4.44. The molecule has 7 heteroatoms. The van der Waals surface area contributed by atoms with E-state index in [1.807, 2.05) is 0 Å². The summed E-state index contributed by atoms with van der Waals surface area (Å²) in [6, 6.07) is 3.29. The molecule has 1 atom stereocenters. The Morgan fingerprint density at radius 2 is 2.12 bits per heavy atom. The number of carboxylic acids is 1. The van der Waals surface area contributed by atoms with Gasteiger partial charge in [-0.2, -0.15) is 0 Å². The van der Waals surface area contributed by atoms with Gasteiger partial charge in [-0.05, 0) is 49.4 Å². The van der Waals surface area contributed by atoms with Gasteiger partial charge in [0, 0.05) is 9.35 Å². The molecule has 0 amide bonds. The molecule has 0 fully saturated rings. The standard InChI is InChI=1S/C10H6Br2O3S2/c11-5-3-6(17-9(5)12)7(13)8-4(10(14)15)1-2-16-8/h1-3,7,13H,(H,14,15). The molecule has 0 bridgehead atoms. The van der Waals surface area contributed by atoms with Crippen molar-refractivity contribution in [2.24, 2.45) is 0 Å². The van der Waals surface area contributed by atoms with E-state index >= 15 is 0 Å². The molecule has 2 aromatic heterocycles. The second kappa shape index (κ2) is 5.19. The second-order valence-electron chi connectivity index (χ2n) is 3.18. The van der Waals surface area contributed by atoms with Crippen molar-refractivity contribution in [1.82, 2.24) is 0 Å². The highest BCUT2D eigenvalue weighted by Gasteiger charge is 2.22. The number of aliphatic hydroxyl groups is 1. The van der Waals surface area contributed by atoms with Gasteiger partial charge in [-0.1, -0.05) is 0 Å². The van der Waals surface area contributed by atoms with Gasteiger partial charge in [0.25, 0.3) is 0 Å². The number of thiophene rings is 2. The molecule has 2 N–H and O–H groups in total. The first-order chi connectivity index (χ1) is 8.00. The maximum Gasteiger partial charge on any atom is 0.336 e. The maximum atomic E-state index is 11.0. The Kier molecular flexibility index (Phi) is 4.04. The van der Waals surface area contributed by atoms with Gasteiger partial charge >= 0.3 is 5.97 Å². The average Bonchev–Trinajstić information content (AvgIpc) is 2.85. The van der Waals surface area contributed by atoms with Gasteiger partial charge in [0.1, 0.15) is 6.10 Å². The lowest BCUT2D eigenvalue weighted by atomic mass is 10.1. The molecule has 2 rings (SSSR count). The predicted molar refractivity (Wildman–Crippen MR) is 75.1 cm³/mol. The van der Waals surface area contributed by atoms with Crippen LogP contribution in [0.2, 0.25) is 0 Å². The van der Waals surface area contributed by atoms with Crippen molar-refractivity contribution in [2.45, 2.75) is 6.10 Å². The van der Waals surface area contributed by atoms with Crippen LogP contribution in [-0.2, 0) is 0 Å². The second-order valence-corrected chi connectivity index (χ2v) is 7.38. The molecule has 0 saturated heterocycles. The summed E-state index contributed by atoms with van der Waals surface area (Å²) in [4.78, 5) is 12.1. The van der Waals surface area contributed by atoms with Gasteiger partial charge < -0.3 is 10.2 Å². The molecule has 0 aliphatic heterocycles. The summed E-state index contributed by atoms with van der Waals surface area (Å²) in [6.07, 6.45) is -0.895. The van der Waals surface area contributed by atoms with Crippen LogP contribution in [0.15, 0.2) is 25.8 Å². The summed E-state index contributed by atoms with van der Waals surface area (Å²) in [6.45, 7) is 0.